The van der Waals surface area contributed by atoms with Gasteiger partial charge in [-0.2, -0.15) is 0 Å². The van der Waals surface area contributed by atoms with E-state index in [0.717, 1.165) is 59.3 Å². The molecule has 0 spiro atoms. The molecule has 0 atom stereocenters. The van der Waals surface area contributed by atoms with E-state index in [9.17, 15) is 14.7 Å². The third-order valence-corrected chi connectivity index (χ3v) is 5.06. The molecule has 2 aromatic rings. The van der Waals surface area contributed by atoms with Gasteiger partial charge in [-0.15, -0.1) is 0 Å². The first kappa shape index (κ1) is 16.3. The Morgan fingerprint density at radius 2 is 1.96 bits per heavy atom. The van der Waals surface area contributed by atoms with Gasteiger partial charge in [0.1, 0.15) is 0 Å². The zero-order valence-electron chi connectivity index (χ0n) is 14.3. The highest BCUT2D eigenvalue weighted by atomic mass is 16.4. The maximum absolute atomic E-state index is 11.8. The van der Waals surface area contributed by atoms with Gasteiger partial charge in [-0.25, -0.2) is 9.59 Å². The number of nitrogens with zero attached hydrogens (tertiary/aromatic N) is 2. The molecule has 26 heavy (non-hydrogen) atoms. The van der Waals surface area contributed by atoms with E-state index in [1.165, 1.54) is 0 Å². The normalized spacial score (nSPS) is 15.6. The third-order valence-electron chi connectivity index (χ3n) is 5.06. The molecule has 132 valence electrons. The topological polar surface area (TPSA) is 91.9 Å². The average Bonchev–Trinajstić information content (AvgIpc) is 2.99. The molecule has 1 aromatic heterocycles. The standard InChI is InChI=1S/C20H18N2O4/c1-11-16-9-13-6-5-12-3-2-4-14(15(20(25)26)10-17(23)24)18(12)19(13)22(16)8-7-21-11/h2-4,9-10H,5-8H2,1H3,(H,23,24)(H,25,26). The summed E-state index contributed by atoms with van der Waals surface area (Å²) in [6, 6.07) is 7.62. The number of aliphatic carboxylic acids is 2. The number of hydrogen-bond acceptors (Lipinski definition) is 3. The highest BCUT2D eigenvalue weighted by molar-refractivity contribution is 6.21. The maximum Gasteiger partial charge on any atom is 0.336 e. The Bertz CT molecular complexity index is 1010. The summed E-state index contributed by atoms with van der Waals surface area (Å²) in [6.45, 7) is 3.41. The predicted octanol–water partition coefficient (Wildman–Crippen LogP) is 2.63. The summed E-state index contributed by atoms with van der Waals surface area (Å²) in [5.41, 5.74) is 6.35. The van der Waals surface area contributed by atoms with E-state index in [4.69, 9.17) is 5.11 Å². The van der Waals surface area contributed by atoms with Crippen molar-refractivity contribution >= 4 is 23.2 Å². The van der Waals surface area contributed by atoms with Gasteiger partial charge in [0.05, 0.1) is 29.2 Å². The van der Waals surface area contributed by atoms with Crippen LogP contribution in [0.5, 0.6) is 0 Å². The number of carbonyl (C=O) groups is 2. The Morgan fingerprint density at radius 1 is 1.19 bits per heavy atom. The van der Waals surface area contributed by atoms with E-state index in [2.05, 4.69) is 15.6 Å². The van der Waals surface area contributed by atoms with Crippen molar-refractivity contribution in [2.45, 2.75) is 26.3 Å². The van der Waals surface area contributed by atoms with Crippen molar-refractivity contribution in [3.63, 3.8) is 0 Å². The van der Waals surface area contributed by atoms with Gasteiger partial charge >= 0.3 is 11.9 Å². The minimum atomic E-state index is -1.27. The first-order valence-corrected chi connectivity index (χ1v) is 8.51. The lowest BCUT2D eigenvalue weighted by Gasteiger charge is -2.24. The SMILES string of the molecule is CC1=NCCn2c1cc1c2-c2c(cccc2C(=CC(=O)O)C(=O)O)CC1. The minimum Gasteiger partial charge on any atom is -0.478 e. The molecule has 0 bridgehead atoms. The van der Waals surface area contributed by atoms with Crippen molar-refractivity contribution in [2.24, 2.45) is 4.99 Å². The van der Waals surface area contributed by atoms with Crippen LogP contribution in [0, 0.1) is 0 Å². The van der Waals surface area contributed by atoms with Crippen LogP contribution in [0.3, 0.4) is 0 Å². The van der Waals surface area contributed by atoms with E-state index < -0.39 is 11.9 Å². The van der Waals surface area contributed by atoms with Crippen molar-refractivity contribution in [3.05, 3.63) is 52.7 Å². The fraction of sp³-hybridized carbons (Fsp3) is 0.250. The van der Waals surface area contributed by atoms with Crippen molar-refractivity contribution in [2.75, 3.05) is 6.54 Å². The number of carboxylic acids is 2. The lowest BCUT2D eigenvalue weighted by Crippen LogP contribution is -2.18. The molecule has 0 radical (unpaired) electrons. The number of aliphatic imine (C=N–C) groups is 1. The molecule has 0 saturated heterocycles. The number of benzene rings is 1. The Labute approximate surface area is 150 Å². The molecule has 0 fully saturated rings. The Morgan fingerprint density at radius 3 is 2.69 bits per heavy atom. The zero-order chi connectivity index (χ0) is 18.4. The largest absolute Gasteiger partial charge is 0.478 e. The number of carboxylic acid groups (broad SMARTS) is 2. The molecule has 6 nitrogen and oxygen atoms in total. The Balaban J connectivity index is 2.02. The van der Waals surface area contributed by atoms with Gasteiger partial charge in [-0.3, -0.25) is 4.99 Å². The number of aryl methyl sites for hydroxylation is 2. The second-order valence-electron chi connectivity index (χ2n) is 6.56. The first-order chi connectivity index (χ1) is 12.5. The van der Waals surface area contributed by atoms with Crippen LogP contribution in [-0.2, 0) is 29.0 Å². The lowest BCUT2D eigenvalue weighted by atomic mass is 9.84. The molecule has 4 rings (SSSR count). The van der Waals surface area contributed by atoms with Crippen molar-refractivity contribution in [1.29, 1.82) is 0 Å². The number of hydrogen-bond donors (Lipinski definition) is 2. The highest BCUT2D eigenvalue weighted by Crippen LogP contribution is 2.41. The quantitative estimate of drug-likeness (QED) is 0.833. The number of rotatable bonds is 3. The van der Waals surface area contributed by atoms with Gasteiger partial charge in [0.2, 0.25) is 0 Å². The van der Waals surface area contributed by atoms with Crippen LogP contribution in [0.2, 0.25) is 0 Å². The molecule has 2 aliphatic rings. The van der Waals surface area contributed by atoms with Crippen LogP contribution in [-0.4, -0.2) is 39.0 Å². The summed E-state index contributed by atoms with van der Waals surface area (Å²) in [5, 5.41) is 18.7. The van der Waals surface area contributed by atoms with Gasteiger partial charge in [0, 0.05) is 18.2 Å². The number of fused-ring (bicyclic) bond motifs is 5. The summed E-state index contributed by atoms with van der Waals surface area (Å²) < 4.78 is 2.19. The van der Waals surface area contributed by atoms with Crippen LogP contribution in [0.15, 0.2) is 35.3 Å². The molecule has 0 saturated carbocycles. The molecule has 2 heterocycles. The molecule has 2 N–H and O–H groups in total. The number of aromatic nitrogens is 1. The van der Waals surface area contributed by atoms with Gasteiger partial charge < -0.3 is 14.8 Å². The minimum absolute atomic E-state index is 0.195. The molecule has 1 aromatic carbocycles. The van der Waals surface area contributed by atoms with Crippen LogP contribution < -0.4 is 0 Å². The monoisotopic (exact) mass is 350 g/mol. The summed E-state index contributed by atoms with van der Waals surface area (Å²) in [4.78, 5) is 27.4. The van der Waals surface area contributed by atoms with Crippen molar-refractivity contribution in [3.8, 4) is 11.3 Å². The molecule has 1 aliphatic heterocycles. The molecule has 1 aliphatic carbocycles. The summed E-state index contributed by atoms with van der Waals surface area (Å²) in [5.74, 6) is -2.51. The Hall–Kier alpha value is -3.15. The third kappa shape index (κ3) is 2.45. The molecule has 0 unspecified atom stereocenters. The molecular formula is C20H18N2O4. The van der Waals surface area contributed by atoms with Gasteiger partial charge in [0.15, 0.2) is 0 Å². The second-order valence-corrected chi connectivity index (χ2v) is 6.56. The van der Waals surface area contributed by atoms with Gasteiger partial charge in [0.25, 0.3) is 0 Å². The smallest absolute Gasteiger partial charge is 0.336 e. The summed E-state index contributed by atoms with van der Waals surface area (Å²) in [7, 11) is 0. The maximum atomic E-state index is 11.8. The van der Waals surface area contributed by atoms with Crippen LogP contribution in [0.1, 0.15) is 29.3 Å². The first-order valence-electron chi connectivity index (χ1n) is 8.51. The highest BCUT2D eigenvalue weighted by Gasteiger charge is 2.29. The van der Waals surface area contributed by atoms with E-state index in [1.807, 2.05) is 13.0 Å². The molecular weight excluding hydrogens is 332 g/mol. The molecule has 0 amide bonds. The van der Waals surface area contributed by atoms with Crippen molar-refractivity contribution in [1.82, 2.24) is 4.57 Å². The van der Waals surface area contributed by atoms with E-state index >= 15 is 0 Å². The van der Waals surface area contributed by atoms with Gasteiger partial charge in [-0.1, -0.05) is 18.2 Å². The Kier molecular flexibility index (Phi) is 3.76. The second kappa shape index (κ2) is 5.98. The lowest BCUT2D eigenvalue weighted by molar-refractivity contribution is -0.133. The van der Waals surface area contributed by atoms with Crippen LogP contribution >= 0.6 is 0 Å². The average molecular weight is 350 g/mol. The summed E-state index contributed by atoms with van der Waals surface area (Å²) in [6.07, 6.45) is 2.46. The van der Waals surface area contributed by atoms with E-state index in [-0.39, 0.29) is 5.57 Å². The van der Waals surface area contributed by atoms with Crippen LogP contribution in [0.25, 0.3) is 16.8 Å². The van der Waals surface area contributed by atoms with Crippen molar-refractivity contribution < 1.29 is 19.8 Å². The predicted molar refractivity (Wildman–Crippen MR) is 97.6 cm³/mol. The fourth-order valence-corrected chi connectivity index (χ4v) is 3.98. The summed E-state index contributed by atoms with van der Waals surface area (Å²) >= 11 is 0. The van der Waals surface area contributed by atoms with Crippen LogP contribution in [0.4, 0.5) is 0 Å². The van der Waals surface area contributed by atoms with E-state index in [0.29, 0.717) is 12.1 Å². The zero-order valence-corrected chi connectivity index (χ0v) is 14.3. The molecule has 6 heteroatoms. The van der Waals surface area contributed by atoms with E-state index in [1.54, 1.807) is 12.1 Å². The fourth-order valence-electron chi connectivity index (χ4n) is 3.98. The van der Waals surface area contributed by atoms with Gasteiger partial charge in [-0.05, 0) is 42.5 Å².